The van der Waals surface area contributed by atoms with Crippen LogP contribution in [0.25, 0.3) is 22.7 Å². The van der Waals surface area contributed by atoms with Gasteiger partial charge in [0.25, 0.3) is 0 Å². The molecule has 0 bridgehead atoms. The molecular formula is C16H14N6O2. The molecule has 8 heteroatoms. The number of rotatable bonds is 3. The van der Waals surface area contributed by atoms with Gasteiger partial charge in [-0.15, -0.1) is 0 Å². The van der Waals surface area contributed by atoms with E-state index in [0.29, 0.717) is 28.3 Å². The Morgan fingerprint density at radius 1 is 1.38 bits per heavy atom. The lowest BCUT2D eigenvalue weighted by Gasteiger charge is -2.12. The van der Waals surface area contributed by atoms with Crippen LogP contribution in [0.5, 0.6) is 0 Å². The van der Waals surface area contributed by atoms with Crippen LogP contribution in [0.4, 0.5) is 5.82 Å². The molecule has 1 amide bonds. The highest BCUT2D eigenvalue weighted by atomic mass is 16.3. The predicted molar refractivity (Wildman–Crippen MR) is 88.0 cm³/mol. The fraction of sp³-hybridized carbons (Fsp3) is 0.0625. The molecule has 0 saturated carbocycles. The van der Waals surface area contributed by atoms with Gasteiger partial charge in [0, 0.05) is 18.7 Å². The number of nitrogens with one attached hydrogen (secondary N) is 2. The van der Waals surface area contributed by atoms with E-state index in [1.54, 1.807) is 30.5 Å². The lowest BCUT2D eigenvalue weighted by atomic mass is 10.0. The summed E-state index contributed by atoms with van der Waals surface area (Å²) < 4.78 is 5.42. The van der Waals surface area contributed by atoms with Crippen molar-refractivity contribution in [3.63, 3.8) is 0 Å². The third-order valence-electron chi connectivity index (χ3n) is 3.23. The maximum atomic E-state index is 11.2. The van der Waals surface area contributed by atoms with Gasteiger partial charge >= 0.3 is 0 Å². The van der Waals surface area contributed by atoms with Gasteiger partial charge < -0.3 is 15.5 Å². The number of nitrogen functional groups attached to an aromatic ring is 1. The third kappa shape index (κ3) is 2.98. The lowest BCUT2D eigenvalue weighted by Crippen LogP contribution is -2.29. The van der Waals surface area contributed by atoms with Crippen molar-refractivity contribution in [2.45, 2.75) is 6.92 Å². The molecule has 0 aliphatic heterocycles. The minimum atomic E-state index is -0.363. The summed E-state index contributed by atoms with van der Waals surface area (Å²) in [5.41, 5.74) is 7.98. The second-order valence-corrected chi connectivity index (χ2v) is 4.95. The molecule has 3 rings (SSSR count). The highest BCUT2D eigenvalue weighted by molar-refractivity contribution is 6.09. The predicted octanol–water partition coefficient (Wildman–Crippen LogP) is 1.84. The molecule has 24 heavy (non-hydrogen) atoms. The zero-order valence-corrected chi connectivity index (χ0v) is 12.8. The molecule has 120 valence electrons. The summed E-state index contributed by atoms with van der Waals surface area (Å²) in [6.45, 7) is 1.32. The highest BCUT2D eigenvalue weighted by Crippen LogP contribution is 2.32. The minimum Gasteiger partial charge on any atom is -0.463 e. The molecule has 0 aliphatic carbocycles. The summed E-state index contributed by atoms with van der Waals surface area (Å²) in [5.74, 6) is 0.137. The van der Waals surface area contributed by atoms with Crippen molar-refractivity contribution in [2.75, 3.05) is 5.73 Å². The number of aromatic nitrogens is 3. The van der Waals surface area contributed by atoms with E-state index in [0.717, 1.165) is 0 Å². The van der Waals surface area contributed by atoms with Gasteiger partial charge in [0.1, 0.15) is 23.7 Å². The van der Waals surface area contributed by atoms with Crippen LogP contribution in [0, 0.1) is 5.41 Å². The molecule has 8 nitrogen and oxygen atoms in total. The van der Waals surface area contributed by atoms with E-state index in [2.05, 4.69) is 20.3 Å². The van der Waals surface area contributed by atoms with E-state index in [4.69, 9.17) is 15.6 Å². The van der Waals surface area contributed by atoms with Crippen LogP contribution in [0.15, 0.2) is 47.5 Å². The average Bonchev–Trinajstić information content (AvgIpc) is 3.09. The molecule has 0 radical (unpaired) electrons. The Morgan fingerprint density at radius 2 is 2.21 bits per heavy atom. The molecule has 0 saturated heterocycles. The molecule has 0 spiro atoms. The number of hydrogen-bond acceptors (Lipinski definition) is 7. The number of amidine groups is 1. The molecular weight excluding hydrogens is 308 g/mol. The smallest absolute Gasteiger partial charge is 0.222 e. The molecule has 0 aromatic carbocycles. The summed E-state index contributed by atoms with van der Waals surface area (Å²) in [5, 5.41) is 10.4. The fourth-order valence-electron chi connectivity index (χ4n) is 2.22. The first-order valence-corrected chi connectivity index (χ1v) is 7.03. The zero-order valence-electron chi connectivity index (χ0n) is 12.8. The first kappa shape index (κ1) is 15.3. The second-order valence-electron chi connectivity index (χ2n) is 4.95. The number of amides is 1. The molecule has 4 N–H and O–H groups in total. The van der Waals surface area contributed by atoms with Crippen molar-refractivity contribution in [3.05, 3.63) is 48.6 Å². The fourth-order valence-corrected chi connectivity index (χ4v) is 2.22. The number of carbonyl (C=O) groups excluding carboxylic acids is 1. The summed E-state index contributed by atoms with van der Waals surface area (Å²) in [6, 6.07) is 6.86. The molecule has 0 atom stereocenters. The first-order chi connectivity index (χ1) is 11.6. The molecule has 3 aromatic rings. The van der Waals surface area contributed by atoms with E-state index in [1.807, 2.05) is 0 Å². The van der Waals surface area contributed by atoms with Crippen LogP contribution in [-0.4, -0.2) is 26.7 Å². The van der Waals surface area contributed by atoms with E-state index in [-0.39, 0.29) is 17.6 Å². The standard InChI is InChI=1S/C16H14N6O2/c1-9(23)21-15(17)11-7-10(12-4-5-19-8-20-12)14(22-16(11)18)13-3-2-6-24-13/h2-8H,1H3,(H2,18,22)(H2,17,21,23). The monoisotopic (exact) mass is 322 g/mol. The highest BCUT2D eigenvalue weighted by Gasteiger charge is 2.18. The molecule has 0 fully saturated rings. The van der Waals surface area contributed by atoms with E-state index in [1.165, 1.54) is 19.5 Å². The topological polar surface area (TPSA) is 131 Å². The summed E-state index contributed by atoms with van der Waals surface area (Å²) >= 11 is 0. The maximum Gasteiger partial charge on any atom is 0.222 e. The van der Waals surface area contributed by atoms with Crippen LogP contribution in [0.2, 0.25) is 0 Å². The normalized spacial score (nSPS) is 10.4. The van der Waals surface area contributed by atoms with Gasteiger partial charge in [0.15, 0.2) is 5.76 Å². The van der Waals surface area contributed by atoms with Crippen LogP contribution in [0.1, 0.15) is 12.5 Å². The van der Waals surface area contributed by atoms with Gasteiger partial charge in [-0.2, -0.15) is 0 Å². The van der Waals surface area contributed by atoms with E-state index < -0.39 is 0 Å². The number of nitrogens with two attached hydrogens (primary N) is 1. The Kier molecular flexibility index (Phi) is 4.02. The summed E-state index contributed by atoms with van der Waals surface area (Å²) in [6.07, 6.45) is 4.55. The van der Waals surface area contributed by atoms with Gasteiger partial charge in [-0.1, -0.05) is 0 Å². The summed E-state index contributed by atoms with van der Waals surface area (Å²) in [4.78, 5) is 23.7. The Bertz CT molecular complexity index is 890. The van der Waals surface area contributed by atoms with Gasteiger partial charge in [-0.3, -0.25) is 10.2 Å². The Labute approximate surface area is 137 Å². The van der Waals surface area contributed by atoms with Crippen molar-refractivity contribution in [1.82, 2.24) is 20.3 Å². The average molecular weight is 322 g/mol. The molecule has 3 aromatic heterocycles. The van der Waals surface area contributed by atoms with Crippen LogP contribution in [0.3, 0.4) is 0 Å². The van der Waals surface area contributed by atoms with Crippen LogP contribution in [-0.2, 0) is 4.79 Å². The van der Waals surface area contributed by atoms with Crippen LogP contribution >= 0.6 is 0 Å². The van der Waals surface area contributed by atoms with Crippen molar-refractivity contribution in [1.29, 1.82) is 5.41 Å². The van der Waals surface area contributed by atoms with Crippen molar-refractivity contribution >= 4 is 17.6 Å². The number of carbonyl (C=O) groups is 1. The second kappa shape index (κ2) is 6.29. The number of pyridine rings is 1. The van der Waals surface area contributed by atoms with E-state index >= 15 is 0 Å². The van der Waals surface area contributed by atoms with Gasteiger partial charge in [0.2, 0.25) is 5.91 Å². The third-order valence-corrected chi connectivity index (χ3v) is 3.23. The molecule has 3 heterocycles. The maximum absolute atomic E-state index is 11.2. The Hall–Kier alpha value is -3.55. The first-order valence-electron chi connectivity index (χ1n) is 7.03. The minimum absolute atomic E-state index is 0.109. The van der Waals surface area contributed by atoms with Crippen molar-refractivity contribution < 1.29 is 9.21 Å². The molecule has 0 aliphatic rings. The quantitative estimate of drug-likeness (QED) is 0.498. The number of hydrogen-bond donors (Lipinski definition) is 3. The van der Waals surface area contributed by atoms with Crippen molar-refractivity contribution in [3.8, 4) is 22.7 Å². The number of anilines is 1. The lowest BCUT2D eigenvalue weighted by molar-refractivity contribution is -0.117. The van der Waals surface area contributed by atoms with Gasteiger partial charge in [-0.05, 0) is 24.3 Å². The van der Waals surface area contributed by atoms with Crippen LogP contribution < -0.4 is 11.1 Å². The summed E-state index contributed by atoms with van der Waals surface area (Å²) in [7, 11) is 0. The van der Waals surface area contributed by atoms with E-state index in [9.17, 15) is 4.79 Å². The zero-order chi connectivity index (χ0) is 17.1. The van der Waals surface area contributed by atoms with Gasteiger partial charge in [0.05, 0.1) is 17.5 Å². The Balaban J connectivity index is 2.19. The Morgan fingerprint density at radius 3 is 2.83 bits per heavy atom. The number of furan rings is 1. The number of nitrogens with zero attached hydrogens (tertiary/aromatic N) is 3. The van der Waals surface area contributed by atoms with Crippen molar-refractivity contribution in [2.24, 2.45) is 0 Å². The largest absolute Gasteiger partial charge is 0.463 e. The molecule has 0 unspecified atom stereocenters. The van der Waals surface area contributed by atoms with Gasteiger partial charge in [-0.25, -0.2) is 15.0 Å². The SMILES string of the molecule is CC(=O)NC(=N)c1cc(-c2ccncn2)c(-c2ccco2)nc1N.